The minimum absolute atomic E-state index is 0.0292. The SMILES string of the molecule is O=C(CN1C(=O)CNC1=O)N1CC[C@H](Cc2ccc(CO)cc2)C1. The molecular weight excluding hydrogens is 310 g/mol. The van der Waals surface area contributed by atoms with Gasteiger partial charge in [-0.05, 0) is 29.9 Å². The van der Waals surface area contributed by atoms with Gasteiger partial charge in [0.05, 0.1) is 13.2 Å². The van der Waals surface area contributed by atoms with Gasteiger partial charge in [-0.3, -0.25) is 14.5 Å². The third kappa shape index (κ3) is 3.56. The molecule has 2 heterocycles. The van der Waals surface area contributed by atoms with Gasteiger partial charge in [0.1, 0.15) is 6.54 Å². The Morgan fingerprint density at radius 3 is 2.54 bits per heavy atom. The lowest BCUT2D eigenvalue weighted by atomic mass is 9.98. The molecule has 24 heavy (non-hydrogen) atoms. The number of imide groups is 1. The number of aliphatic hydroxyl groups excluding tert-OH is 1. The lowest BCUT2D eigenvalue weighted by Crippen LogP contribution is -2.42. The van der Waals surface area contributed by atoms with Crippen molar-refractivity contribution in [2.45, 2.75) is 19.4 Å². The van der Waals surface area contributed by atoms with E-state index < -0.39 is 6.03 Å². The maximum Gasteiger partial charge on any atom is 0.325 e. The molecule has 2 aliphatic heterocycles. The van der Waals surface area contributed by atoms with Crippen molar-refractivity contribution in [3.63, 3.8) is 0 Å². The van der Waals surface area contributed by atoms with Crippen LogP contribution >= 0.6 is 0 Å². The van der Waals surface area contributed by atoms with Crippen LogP contribution in [0.25, 0.3) is 0 Å². The number of nitrogens with one attached hydrogen (secondary N) is 1. The van der Waals surface area contributed by atoms with E-state index in [9.17, 15) is 14.4 Å². The zero-order chi connectivity index (χ0) is 17.1. The number of aliphatic hydroxyl groups is 1. The van der Waals surface area contributed by atoms with Crippen LogP contribution in [0.2, 0.25) is 0 Å². The van der Waals surface area contributed by atoms with E-state index in [1.54, 1.807) is 4.90 Å². The second kappa shape index (κ2) is 7.00. The molecule has 4 amide bonds. The molecule has 0 saturated carbocycles. The third-order valence-corrected chi connectivity index (χ3v) is 4.60. The molecule has 7 nitrogen and oxygen atoms in total. The van der Waals surface area contributed by atoms with Crippen molar-refractivity contribution in [3.8, 4) is 0 Å². The average Bonchev–Trinajstić information content (AvgIpc) is 3.17. The van der Waals surface area contributed by atoms with E-state index in [-0.39, 0.29) is 31.5 Å². The molecule has 0 aliphatic carbocycles. The molecule has 3 rings (SSSR count). The van der Waals surface area contributed by atoms with Crippen molar-refractivity contribution >= 4 is 17.8 Å². The fourth-order valence-electron chi connectivity index (χ4n) is 3.19. The van der Waals surface area contributed by atoms with E-state index in [0.29, 0.717) is 19.0 Å². The van der Waals surface area contributed by atoms with Gasteiger partial charge in [-0.2, -0.15) is 0 Å². The topological polar surface area (TPSA) is 90.0 Å². The van der Waals surface area contributed by atoms with Gasteiger partial charge in [-0.25, -0.2) is 4.79 Å². The van der Waals surface area contributed by atoms with Gasteiger partial charge in [0.2, 0.25) is 5.91 Å². The average molecular weight is 331 g/mol. The summed E-state index contributed by atoms with van der Waals surface area (Å²) in [5, 5.41) is 11.5. The molecule has 0 unspecified atom stereocenters. The summed E-state index contributed by atoms with van der Waals surface area (Å²) in [5.74, 6) is -0.163. The molecule has 0 bridgehead atoms. The van der Waals surface area contributed by atoms with E-state index in [1.807, 2.05) is 24.3 Å². The van der Waals surface area contributed by atoms with Crippen molar-refractivity contribution in [2.75, 3.05) is 26.2 Å². The third-order valence-electron chi connectivity index (χ3n) is 4.60. The molecule has 7 heteroatoms. The number of likely N-dealkylation sites (tertiary alicyclic amines) is 1. The summed E-state index contributed by atoms with van der Waals surface area (Å²) in [6.45, 7) is 1.13. The van der Waals surface area contributed by atoms with E-state index in [0.717, 1.165) is 23.3 Å². The molecule has 2 N–H and O–H groups in total. The summed E-state index contributed by atoms with van der Waals surface area (Å²) in [4.78, 5) is 38.0. The highest BCUT2D eigenvalue weighted by Crippen LogP contribution is 2.21. The van der Waals surface area contributed by atoms with Crippen molar-refractivity contribution in [1.29, 1.82) is 0 Å². The van der Waals surface area contributed by atoms with Crippen LogP contribution in [0.3, 0.4) is 0 Å². The van der Waals surface area contributed by atoms with Gasteiger partial charge in [-0.1, -0.05) is 24.3 Å². The second-order valence-corrected chi connectivity index (χ2v) is 6.31. The van der Waals surface area contributed by atoms with E-state index in [2.05, 4.69) is 5.32 Å². The van der Waals surface area contributed by atoms with Crippen molar-refractivity contribution in [3.05, 3.63) is 35.4 Å². The minimum atomic E-state index is -0.493. The minimum Gasteiger partial charge on any atom is -0.392 e. The zero-order valence-electron chi connectivity index (χ0n) is 13.4. The smallest absolute Gasteiger partial charge is 0.325 e. The summed E-state index contributed by atoms with van der Waals surface area (Å²) < 4.78 is 0. The Labute approximate surface area is 140 Å². The number of benzene rings is 1. The van der Waals surface area contributed by atoms with Crippen LogP contribution in [0.1, 0.15) is 17.5 Å². The highest BCUT2D eigenvalue weighted by molar-refractivity contribution is 6.04. The first-order chi connectivity index (χ1) is 11.6. The summed E-state index contributed by atoms with van der Waals surface area (Å²) >= 11 is 0. The highest BCUT2D eigenvalue weighted by atomic mass is 16.3. The molecular formula is C17H21N3O4. The van der Waals surface area contributed by atoms with Gasteiger partial charge in [0.15, 0.2) is 0 Å². The Kier molecular flexibility index (Phi) is 4.80. The molecule has 128 valence electrons. The first-order valence-corrected chi connectivity index (χ1v) is 8.11. The molecule has 2 fully saturated rings. The molecule has 0 spiro atoms. The van der Waals surface area contributed by atoms with Gasteiger partial charge < -0.3 is 15.3 Å². The highest BCUT2D eigenvalue weighted by Gasteiger charge is 2.33. The maximum atomic E-state index is 12.3. The Balaban J connectivity index is 1.51. The van der Waals surface area contributed by atoms with Crippen LogP contribution in [-0.4, -0.2) is 58.9 Å². The molecule has 0 radical (unpaired) electrons. The standard InChI is InChI=1S/C17H21N3O4/c21-11-13-3-1-12(2-4-13)7-14-5-6-19(9-14)16(23)10-20-15(22)8-18-17(20)24/h1-4,14,21H,5-11H2,(H,18,24)/t14-/m1/s1. The summed E-state index contributed by atoms with van der Waals surface area (Å²) in [5.41, 5.74) is 2.07. The van der Waals surface area contributed by atoms with Crippen LogP contribution in [0.4, 0.5) is 4.79 Å². The number of carbonyl (C=O) groups is 3. The monoisotopic (exact) mass is 331 g/mol. The van der Waals surface area contributed by atoms with Crippen molar-refractivity contribution < 1.29 is 19.5 Å². The van der Waals surface area contributed by atoms with Crippen LogP contribution in [0.15, 0.2) is 24.3 Å². The van der Waals surface area contributed by atoms with Gasteiger partial charge in [-0.15, -0.1) is 0 Å². The lowest BCUT2D eigenvalue weighted by Gasteiger charge is -2.19. The fourth-order valence-corrected chi connectivity index (χ4v) is 3.19. The zero-order valence-corrected chi connectivity index (χ0v) is 13.4. The van der Waals surface area contributed by atoms with Crippen LogP contribution in [0, 0.1) is 5.92 Å². The van der Waals surface area contributed by atoms with E-state index >= 15 is 0 Å². The predicted molar refractivity (Wildman–Crippen MR) is 85.9 cm³/mol. The summed E-state index contributed by atoms with van der Waals surface area (Å²) in [6.07, 6.45) is 1.78. The van der Waals surface area contributed by atoms with Crippen LogP contribution in [0.5, 0.6) is 0 Å². The van der Waals surface area contributed by atoms with Crippen molar-refractivity contribution in [1.82, 2.24) is 15.1 Å². The summed E-state index contributed by atoms with van der Waals surface area (Å²) in [7, 11) is 0. The predicted octanol–water partition coefficient (Wildman–Crippen LogP) is 0.122. The first kappa shape index (κ1) is 16.4. The van der Waals surface area contributed by atoms with E-state index in [1.165, 1.54) is 5.56 Å². The quantitative estimate of drug-likeness (QED) is 0.750. The molecule has 1 aromatic rings. The Morgan fingerprint density at radius 1 is 1.21 bits per heavy atom. The Bertz CT molecular complexity index is 628. The number of hydrogen-bond acceptors (Lipinski definition) is 4. The van der Waals surface area contributed by atoms with Crippen molar-refractivity contribution in [2.24, 2.45) is 5.92 Å². The molecule has 2 aliphatic rings. The number of urea groups is 1. The number of carbonyl (C=O) groups excluding carboxylic acids is 3. The van der Waals surface area contributed by atoms with Gasteiger partial charge in [0.25, 0.3) is 5.91 Å². The maximum absolute atomic E-state index is 12.3. The summed E-state index contributed by atoms with van der Waals surface area (Å²) in [6, 6.07) is 7.33. The second-order valence-electron chi connectivity index (χ2n) is 6.31. The van der Waals surface area contributed by atoms with Crippen LogP contribution < -0.4 is 5.32 Å². The fraction of sp³-hybridized carbons (Fsp3) is 0.471. The normalized spacial score (nSPS) is 20.6. The Hall–Kier alpha value is -2.41. The number of rotatable bonds is 5. The number of nitrogens with zero attached hydrogens (tertiary/aromatic N) is 2. The number of hydrogen-bond donors (Lipinski definition) is 2. The molecule has 2 saturated heterocycles. The van der Waals surface area contributed by atoms with Crippen LogP contribution in [-0.2, 0) is 22.6 Å². The number of amides is 4. The molecule has 1 atom stereocenters. The van der Waals surface area contributed by atoms with E-state index in [4.69, 9.17) is 5.11 Å². The van der Waals surface area contributed by atoms with Gasteiger partial charge >= 0.3 is 6.03 Å². The molecule has 0 aromatic heterocycles. The lowest BCUT2D eigenvalue weighted by molar-refractivity contribution is -0.135. The Morgan fingerprint density at radius 2 is 1.92 bits per heavy atom. The largest absolute Gasteiger partial charge is 0.392 e. The first-order valence-electron chi connectivity index (χ1n) is 8.11. The van der Waals surface area contributed by atoms with Gasteiger partial charge in [0, 0.05) is 13.1 Å². The molecule has 1 aromatic carbocycles.